The molecule has 2 aromatic heterocycles. The van der Waals surface area contributed by atoms with Crippen LogP contribution >= 0.6 is 0 Å². The molecule has 4 heterocycles. The van der Waals surface area contributed by atoms with Crippen molar-refractivity contribution in [1.29, 1.82) is 0 Å². The van der Waals surface area contributed by atoms with Gasteiger partial charge in [-0.25, -0.2) is 4.98 Å². The number of anilines is 1. The van der Waals surface area contributed by atoms with Crippen LogP contribution in [-0.2, 0) is 24.2 Å². The summed E-state index contributed by atoms with van der Waals surface area (Å²) >= 11 is 0. The van der Waals surface area contributed by atoms with E-state index < -0.39 is 0 Å². The predicted octanol–water partition coefficient (Wildman–Crippen LogP) is 4.33. The number of Topliss-reactive ketones (excluding diaryl/α,β-unsaturated/α-hetero) is 1. The molecule has 2 aliphatic rings. The molecule has 0 aliphatic carbocycles. The van der Waals surface area contributed by atoms with Crippen molar-refractivity contribution < 1.29 is 9.59 Å². The fraction of sp³-hybridized carbons (Fsp3) is 0.464. The third-order valence-electron chi connectivity index (χ3n) is 7.45. The van der Waals surface area contributed by atoms with Gasteiger partial charge in [0, 0.05) is 61.5 Å². The molecule has 0 atom stereocenters. The number of aromatic nitrogens is 2. The molecule has 6 heteroatoms. The molecular weight excluding hydrogens is 424 g/mol. The fourth-order valence-electron chi connectivity index (χ4n) is 5.51. The Morgan fingerprint density at radius 1 is 1.03 bits per heavy atom. The van der Waals surface area contributed by atoms with Crippen molar-refractivity contribution in [1.82, 2.24) is 14.5 Å². The number of piperazine rings is 1. The summed E-state index contributed by atoms with van der Waals surface area (Å²) in [6.07, 6.45) is 4.29. The first-order chi connectivity index (χ1) is 16.3. The minimum Gasteiger partial charge on any atom is -0.353 e. The minimum atomic E-state index is -0.0410. The van der Waals surface area contributed by atoms with Crippen LogP contribution in [0.15, 0.2) is 30.5 Å². The molecule has 0 bridgehead atoms. The lowest BCUT2D eigenvalue weighted by Gasteiger charge is -2.35. The minimum absolute atomic E-state index is 0.0410. The summed E-state index contributed by atoms with van der Waals surface area (Å²) in [6, 6.07) is 8.24. The lowest BCUT2D eigenvalue weighted by atomic mass is 9.93. The maximum atomic E-state index is 13.4. The van der Waals surface area contributed by atoms with E-state index in [0.29, 0.717) is 19.5 Å². The summed E-state index contributed by atoms with van der Waals surface area (Å²) in [4.78, 5) is 35.0. The molecule has 5 rings (SSSR count). The Hall–Kier alpha value is -3.15. The Kier molecular flexibility index (Phi) is 5.92. The van der Waals surface area contributed by atoms with E-state index in [1.807, 2.05) is 37.1 Å². The largest absolute Gasteiger partial charge is 0.353 e. The average Bonchev–Trinajstić information content (AvgIpc) is 3.11. The number of benzene rings is 1. The molecule has 0 spiro atoms. The lowest BCUT2D eigenvalue weighted by molar-refractivity contribution is -0.130. The van der Waals surface area contributed by atoms with Crippen molar-refractivity contribution in [3.63, 3.8) is 0 Å². The number of carbonyl (C=O) groups excluding carboxylic acids is 2. The van der Waals surface area contributed by atoms with E-state index in [-0.39, 0.29) is 17.6 Å². The quantitative estimate of drug-likeness (QED) is 0.534. The summed E-state index contributed by atoms with van der Waals surface area (Å²) in [5.74, 6) is 1.28. The molecule has 178 valence electrons. The van der Waals surface area contributed by atoms with Crippen molar-refractivity contribution in [2.75, 3.05) is 31.1 Å². The number of hydrogen-bond donors (Lipinski definition) is 0. The molecule has 1 aromatic carbocycles. The molecule has 1 saturated heterocycles. The zero-order valence-electron chi connectivity index (χ0n) is 20.7. The van der Waals surface area contributed by atoms with Gasteiger partial charge in [0.05, 0.1) is 11.9 Å². The highest BCUT2D eigenvalue weighted by Gasteiger charge is 2.27. The monoisotopic (exact) mass is 458 g/mol. The van der Waals surface area contributed by atoms with Gasteiger partial charge in [0.25, 0.3) is 0 Å². The first kappa shape index (κ1) is 22.6. The maximum Gasteiger partial charge on any atom is 0.227 e. The van der Waals surface area contributed by atoms with Crippen LogP contribution in [0.2, 0.25) is 0 Å². The van der Waals surface area contributed by atoms with Crippen LogP contribution < -0.4 is 4.90 Å². The molecule has 0 radical (unpaired) electrons. The van der Waals surface area contributed by atoms with Crippen LogP contribution in [0.1, 0.15) is 53.0 Å². The Bertz CT molecular complexity index is 1270. The number of hydrogen-bond acceptors (Lipinski definition) is 4. The molecule has 0 N–H and O–H groups in total. The molecule has 1 fully saturated rings. The van der Waals surface area contributed by atoms with Gasteiger partial charge >= 0.3 is 0 Å². The summed E-state index contributed by atoms with van der Waals surface area (Å²) < 4.78 is 2.36. The molecule has 0 saturated carbocycles. The summed E-state index contributed by atoms with van der Waals surface area (Å²) in [5, 5.41) is 1.09. The standard InChI is InChI=1S/C28H34N4O2/c1-18(2)28(34)22-15-21-6-5-9-32-20(4)23(24(16-22)27(21)32)17-26(33)31-12-10-30(11-13-31)25-14-19(3)7-8-29-25/h7-8,14-16,18H,5-6,9-13,17H2,1-4H3. The third kappa shape index (κ3) is 3.99. The van der Waals surface area contributed by atoms with E-state index in [2.05, 4.69) is 40.4 Å². The number of aryl methyl sites for hydroxylation is 3. The number of pyridine rings is 1. The molecule has 34 heavy (non-hydrogen) atoms. The Balaban J connectivity index is 1.39. The van der Waals surface area contributed by atoms with Gasteiger partial charge in [-0.05, 0) is 67.6 Å². The van der Waals surface area contributed by atoms with Crippen LogP contribution in [0.25, 0.3) is 10.9 Å². The van der Waals surface area contributed by atoms with Gasteiger partial charge in [0.2, 0.25) is 5.91 Å². The first-order valence-corrected chi connectivity index (χ1v) is 12.5. The van der Waals surface area contributed by atoms with E-state index in [9.17, 15) is 9.59 Å². The molecule has 2 aliphatic heterocycles. The van der Waals surface area contributed by atoms with Crippen LogP contribution in [0, 0.1) is 19.8 Å². The lowest BCUT2D eigenvalue weighted by Crippen LogP contribution is -2.49. The van der Waals surface area contributed by atoms with E-state index in [0.717, 1.165) is 54.8 Å². The Morgan fingerprint density at radius 2 is 1.79 bits per heavy atom. The van der Waals surface area contributed by atoms with Gasteiger partial charge in [0.15, 0.2) is 5.78 Å². The second-order valence-electron chi connectivity index (χ2n) is 10.1. The fourth-order valence-corrected chi connectivity index (χ4v) is 5.51. The van der Waals surface area contributed by atoms with Gasteiger partial charge in [-0.1, -0.05) is 13.8 Å². The summed E-state index contributed by atoms with van der Waals surface area (Å²) in [5.41, 5.74) is 6.70. The SMILES string of the molecule is Cc1ccnc(N2CCN(C(=O)Cc3c(C)n4c5c(cc(C(=O)C(C)C)cc35)CCC4)CC2)c1. The van der Waals surface area contributed by atoms with Crippen molar-refractivity contribution in [3.8, 4) is 0 Å². The highest BCUT2D eigenvalue weighted by molar-refractivity contribution is 6.03. The van der Waals surface area contributed by atoms with Gasteiger partial charge in [-0.2, -0.15) is 0 Å². The van der Waals surface area contributed by atoms with E-state index in [4.69, 9.17) is 0 Å². The van der Waals surface area contributed by atoms with Crippen molar-refractivity contribution in [3.05, 3.63) is 58.4 Å². The second kappa shape index (κ2) is 8.90. The van der Waals surface area contributed by atoms with Crippen LogP contribution in [0.3, 0.4) is 0 Å². The number of carbonyl (C=O) groups is 2. The average molecular weight is 459 g/mol. The van der Waals surface area contributed by atoms with E-state index in [1.165, 1.54) is 22.3 Å². The number of amides is 1. The Labute approximate surface area is 201 Å². The topological polar surface area (TPSA) is 58.4 Å². The van der Waals surface area contributed by atoms with Gasteiger partial charge in [0.1, 0.15) is 5.82 Å². The highest BCUT2D eigenvalue weighted by Crippen LogP contribution is 2.35. The number of ketones is 1. The van der Waals surface area contributed by atoms with Crippen molar-refractivity contribution >= 4 is 28.4 Å². The zero-order valence-corrected chi connectivity index (χ0v) is 20.7. The van der Waals surface area contributed by atoms with Crippen molar-refractivity contribution in [2.24, 2.45) is 5.92 Å². The first-order valence-electron chi connectivity index (χ1n) is 12.5. The Morgan fingerprint density at radius 3 is 2.50 bits per heavy atom. The van der Waals surface area contributed by atoms with Crippen LogP contribution in [0.5, 0.6) is 0 Å². The third-order valence-corrected chi connectivity index (χ3v) is 7.45. The predicted molar refractivity (Wildman–Crippen MR) is 136 cm³/mol. The van der Waals surface area contributed by atoms with Gasteiger partial charge in [-0.15, -0.1) is 0 Å². The molecular formula is C28H34N4O2. The molecule has 3 aromatic rings. The number of rotatable bonds is 5. The highest BCUT2D eigenvalue weighted by atomic mass is 16.2. The van der Waals surface area contributed by atoms with Gasteiger partial charge < -0.3 is 14.4 Å². The molecule has 6 nitrogen and oxygen atoms in total. The van der Waals surface area contributed by atoms with Crippen LogP contribution in [-0.4, -0.2) is 52.3 Å². The zero-order chi connectivity index (χ0) is 24.0. The normalized spacial score (nSPS) is 15.9. The van der Waals surface area contributed by atoms with Crippen molar-refractivity contribution in [2.45, 2.75) is 53.5 Å². The van der Waals surface area contributed by atoms with Crippen LogP contribution in [0.4, 0.5) is 5.82 Å². The second-order valence-corrected chi connectivity index (χ2v) is 10.1. The maximum absolute atomic E-state index is 13.4. The molecule has 0 unspecified atom stereocenters. The molecule has 1 amide bonds. The number of nitrogens with zero attached hydrogens (tertiary/aromatic N) is 4. The van der Waals surface area contributed by atoms with E-state index in [1.54, 1.807) is 0 Å². The summed E-state index contributed by atoms with van der Waals surface area (Å²) in [7, 11) is 0. The van der Waals surface area contributed by atoms with Gasteiger partial charge in [-0.3, -0.25) is 9.59 Å². The smallest absolute Gasteiger partial charge is 0.227 e. The van der Waals surface area contributed by atoms with E-state index >= 15 is 0 Å². The summed E-state index contributed by atoms with van der Waals surface area (Å²) in [6.45, 7) is 12.1.